The van der Waals surface area contributed by atoms with Crippen molar-refractivity contribution in [2.24, 2.45) is 0 Å². The van der Waals surface area contributed by atoms with Crippen molar-refractivity contribution in [3.8, 4) is 11.5 Å². The first kappa shape index (κ1) is 18.9. The van der Waals surface area contributed by atoms with Crippen LogP contribution in [0.2, 0.25) is 0 Å². The van der Waals surface area contributed by atoms with Gasteiger partial charge in [0.25, 0.3) is 10.0 Å². The van der Waals surface area contributed by atoms with Crippen molar-refractivity contribution < 1.29 is 22.7 Å². The number of hydrogen-bond donors (Lipinski definition) is 2. The number of nitrogens with one attached hydrogen (secondary N) is 2. The maximum absolute atomic E-state index is 12.7. The summed E-state index contributed by atoms with van der Waals surface area (Å²) in [6, 6.07) is 9.31. The van der Waals surface area contributed by atoms with Crippen molar-refractivity contribution in [1.29, 1.82) is 0 Å². The van der Waals surface area contributed by atoms with Crippen molar-refractivity contribution in [2.45, 2.75) is 11.8 Å². The second-order valence-electron chi connectivity index (χ2n) is 5.50. The van der Waals surface area contributed by atoms with Crippen LogP contribution in [0.25, 0.3) is 10.2 Å². The van der Waals surface area contributed by atoms with Gasteiger partial charge in [-0.3, -0.25) is 9.52 Å². The molecule has 0 aliphatic rings. The lowest BCUT2D eigenvalue weighted by atomic mass is 10.3. The molecule has 10 heteroatoms. The lowest BCUT2D eigenvalue weighted by Gasteiger charge is -2.11. The third-order valence-electron chi connectivity index (χ3n) is 3.59. The minimum Gasteiger partial charge on any atom is -0.493 e. The average Bonchev–Trinajstić information content (AvgIpc) is 3.01. The van der Waals surface area contributed by atoms with E-state index in [4.69, 9.17) is 9.47 Å². The first-order chi connectivity index (χ1) is 12.8. The summed E-state index contributed by atoms with van der Waals surface area (Å²) in [6.45, 7) is 1.40. The third kappa shape index (κ3) is 4.12. The molecule has 0 unspecified atom stereocenters. The molecule has 0 aliphatic heterocycles. The fraction of sp³-hybridized carbons (Fsp3) is 0.176. The number of carbonyl (C=O) groups excluding carboxylic acids is 1. The molecule has 3 aromatic rings. The van der Waals surface area contributed by atoms with Gasteiger partial charge in [0.1, 0.15) is 0 Å². The van der Waals surface area contributed by atoms with E-state index in [1.54, 1.807) is 18.2 Å². The number of anilines is 2. The first-order valence-corrected chi connectivity index (χ1v) is 10.1. The van der Waals surface area contributed by atoms with Crippen molar-refractivity contribution >= 4 is 48.3 Å². The molecule has 0 fully saturated rings. The normalized spacial score (nSPS) is 11.2. The molecule has 1 aromatic heterocycles. The number of amides is 1. The van der Waals surface area contributed by atoms with Gasteiger partial charge in [0, 0.05) is 13.0 Å². The van der Waals surface area contributed by atoms with Crippen molar-refractivity contribution in [1.82, 2.24) is 4.98 Å². The molecule has 27 heavy (non-hydrogen) atoms. The lowest BCUT2D eigenvalue weighted by molar-refractivity contribution is -0.114. The molecule has 2 aromatic carbocycles. The summed E-state index contributed by atoms with van der Waals surface area (Å²) in [5, 5.41) is 3.07. The molecular weight excluding hydrogens is 390 g/mol. The van der Waals surface area contributed by atoms with E-state index in [2.05, 4.69) is 15.0 Å². The van der Waals surface area contributed by atoms with Crippen LogP contribution in [-0.4, -0.2) is 33.5 Å². The Morgan fingerprint density at radius 1 is 1.07 bits per heavy atom. The Morgan fingerprint density at radius 2 is 1.81 bits per heavy atom. The Morgan fingerprint density at radius 3 is 2.48 bits per heavy atom. The van der Waals surface area contributed by atoms with Crippen LogP contribution in [0.4, 0.5) is 10.8 Å². The summed E-state index contributed by atoms with van der Waals surface area (Å²) in [7, 11) is -0.910. The summed E-state index contributed by atoms with van der Waals surface area (Å²) in [6.07, 6.45) is 0. The zero-order valence-corrected chi connectivity index (χ0v) is 16.4. The van der Waals surface area contributed by atoms with Crippen LogP contribution in [0.15, 0.2) is 41.3 Å². The standard InChI is InChI=1S/C17H17N3O5S2/c1-10(21)18-17-19-13-6-4-11(8-16(13)26-17)20-27(22,23)12-5-7-14(24-2)15(9-12)25-3/h4-9,20H,1-3H3,(H,18,19,21). The van der Waals surface area contributed by atoms with Gasteiger partial charge in [0.05, 0.1) is 35.0 Å². The fourth-order valence-electron chi connectivity index (χ4n) is 2.39. The van der Waals surface area contributed by atoms with Gasteiger partial charge >= 0.3 is 0 Å². The maximum Gasteiger partial charge on any atom is 0.262 e. The van der Waals surface area contributed by atoms with E-state index in [0.717, 1.165) is 4.70 Å². The molecule has 142 valence electrons. The van der Waals surface area contributed by atoms with E-state index in [9.17, 15) is 13.2 Å². The van der Waals surface area contributed by atoms with E-state index in [0.29, 0.717) is 27.8 Å². The first-order valence-electron chi connectivity index (χ1n) is 7.75. The number of ether oxygens (including phenoxy) is 2. The Balaban J connectivity index is 1.90. The smallest absolute Gasteiger partial charge is 0.262 e. The topological polar surface area (TPSA) is 107 Å². The monoisotopic (exact) mass is 407 g/mol. The van der Waals surface area contributed by atoms with Crippen LogP contribution in [-0.2, 0) is 14.8 Å². The van der Waals surface area contributed by atoms with E-state index in [1.165, 1.54) is 50.7 Å². The number of aromatic nitrogens is 1. The molecule has 8 nitrogen and oxygen atoms in total. The highest BCUT2D eigenvalue weighted by Crippen LogP contribution is 2.32. The van der Waals surface area contributed by atoms with Gasteiger partial charge in [-0.05, 0) is 30.3 Å². The number of hydrogen-bond acceptors (Lipinski definition) is 7. The molecule has 2 N–H and O–H groups in total. The van der Waals surface area contributed by atoms with Crippen molar-refractivity contribution in [2.75, 3.05) is 24.3 Å². The van der Waals surface area contributed by atoms with Crippen LogP contribution in [0.3, 0.4) is 0 Å². The lowest BCUT2D eigenvalue weighted by Crippen LogP contribution is -2.13. The number of rotatable bonds is 6. The van der Waals surface area contributed by atoms with Gasteiger partial charge in [0.2, 0.25) is 5.91 Å². The zero-order chi connectivity index (χ0) is 19.6. The molecule has 3 rings (SSSR count). The van der Waals surface area contributed by atoms with Gasteiger partial charge in [-0.25, -0.2) is 13.4 Å². The SMILES string of the molecule is COc1ccc(S(=O)(=O)Nc2ccc3nc(NC(C)=O)sc3c2)cc1OC. The number of nitrogens with zero attached hydrogens (tertiary/aromatic N) is 1. The Labute approximate surface area is 160 Å². The van der Waals surface area contributed by atoms with Gasteiger partial charge in [0.15, 0.2) is 16.6 Å². The number of methoxy groups -OCH3 is 2. The highest BCUT2D eigenvalue weighted by atomic mass is 32.2. The maximum atomic E-state index is 12.7. The molecule has 0 aliphatic carbocycles. The average molecular weight is 407 g/mol. The summed E-state index contributed by atoms with van der Waals surface area (Å²) < 4.78 is 38.9. The zero-order valence-electron chi connectivity index (χ0n) is 14.8. The van der Waals surface area contributed by atoms with Gasteiger partial charge in [-0.15, -0.1) is 0 Å². The van der Waals surface area contributed by atoms with Crippen LogP contribution in [0, 0.1) is 0 Å². The van der Waals surface area contributed by atoms with E-state index in [-0.39, 0.29) is 10.8 Å². The van der Waals surface area contributed by atoms with Crippen LogP contribution >= 0.6 is 11.3 Å². The fourth-order valence-corrected chi connectivity index (χ4v) is 4.41. The van der Waals surface area contributed by atoms with E-state index >= 15 is 0 Å². The molecule has 0 saturated heterocycles. The summed E-state index contributed by atoms with van der Waals surface area (Å²) in [4.78, 5) is 15.5. The number of sulfonamides is 1. The minimum absolute atomic E-state index is 0.0449. The summed E-state index contributed by atoms with van der Waals surface area (Å²) in [5.41, 5.74) is 1.05. The molecular formula is C17H17N3O5S2. The molecule has 1 heterocycles. The van der Waals surface area contributed by atoms with E-state index in [1.807, 2.05) is 0 Å². The predicted molar refractivity (Wildman–Crippen MR) is 104 cm³/mol. The van der Waals surface area contributed by atoms with Crippen molar-refractivity contribution in [3.63, 3.8) is 0 Å². The van der Waals surface area contributed by atoms with Crippen LogP contribution < -0.4 is 19.5 Å². The Hall–Kier alpha value is -2.85. The number of carbonyl (C=O) groups is 1. The van der Waals surface area contributed by atoms with Crippen molar-refractivity contribution in [3.05, 3.63) is 36.4 Å². The second kappa shape index (κ2) is 7.41. The molecule has 1 amide bonds. The predicted octanol–water partition coefficient (Wildman–Crippen LogP) is 3.07. The van der Waals surface area contributed by atoms with Gasteiger partial charge in [-0.2, -0.15) is 0 Å². The second-order valence-corrected chi connectivity index (χ2v) is 8.22. The summed E-state index contributed by atoms with van der Waals surface area (Å²) >= 11 is 1.26. The molecule has 0 bridgehead atoms. The minimum atomic E-state index is -3.82. The molecule has 0 spiro atoms. The quantitative estimate of drug-likeness (QED) is 0.650. The third-order valence-corrected chi connectivity index (χ3v) is 5.90. The van der Waals surface area contributed by atoms with Crippen LogP contribution in [0.5, 0.6) is 11.5 Å². The highest BCUT2D eigenvalue weighted by Gasteiger charge is 2.18. The molecule has 0 radical (unpaired) electrons. The number of thiazole rings is 1. The van der Waals surface area contributed by atoms with Gasteiger partial charge < -0.3 is 14.8 Å². The largest absolute Gasteiger partial charge is 0.493 e. The number of fused-ring (bicyclic) bond motifs is 1. The Kier molecular flexibility index (Phi) is 5.19. The highest BCUT2D eigenvalue weighted by molar-refractivity contribution is 7.92. The Bertz CT molecular complexity index is 1110. The van der Waals surface area contributed by atoms with Crippen LogP contribution in [0.1, 0.15) is 6.92 Å². The molecule has 0 atom stereocenters. The van der Waals surface area contributed by atoms with E-state index < -0.39 is 10.0 Å². The summed E-state index contributed by atoms with van der Waals surface area (Å²) in [5.74, 6) is 0.537. The molecule has 0 saturated carbocycles. The number of benzene rings is 2. The van der Waals surface area contributed by atoms with Gasteiger partial charge in [-0.1, -0.05) is 11.3 Å².